The molecule has 5 nitrogen and oxygen atoms in total. The zero-order chi connectivity index (χ0) is 9.84. The molecule has 6 heteroatoms. The summed E-state index contributed by atoms with van der Waals surface area (Å²) in [4.78, 5) is 16.5. The molecule has 0 radical (unpaired) electrons. The van der Waals surface area contributed by atoms with Crippen molar-refractivity contribution >= 4 is 17.6 Å². The SMILES string of the molecule is CCSC(C)c1ncc([N+](=O)[O-])[nH]1. The van der Waals surface area contributed by atoms with Crippen LogP contribution in [0, 0.1) is 10.1 Å². The van der Waals surface area contributed by atoms with E-state index in [0.717, 1.165) is 5.75 Å². The molecule has 1 heterocycles. The number of nitro groups is 1. The van der Waals surface area contributed by atoms with Gasteiger partial charge in [0.05, 0.1) is 5.25 Å². The topological polar surface area (TPSA) is 71.8 Å². The maximum absolute atomic E-state index is 10.3. The quantitative estimate of drug-likeness (QED) is 0.598. The van der Waals surface area contributed by atoms with Gasteiger partial charge in [-0.25, -0.2) is 9.97 Å². The van der Waals surface area contributed by atoms with Crippen LogP contribution >= 0.6 is 11.8 Å². The molecule has 1 atom stereocenters. The summed E-state index contributed by atoms with van der Waals surface area (Å²) >= 11 is 1.69. The molecule has 1 N–H and O–H groups in total. The van der Waals surface area contributed by atoms with E-state index >= 15 is 0 Å². The molecule has 0 aliphatic heterocycles. The summed E-state index contributed by atoms with van der Waals surface area (Å²) in [6.45, 7) is 4.01. The fraction of sp³-hybridized carbons (Fsp3) is 0.571. The van der Waals surface area contributed by atoms with Gasteiger partial charge in [0.2, 0.25) is 5.82 Å². The highest BCUT2D eigenvalue weighted by atomic mass is 32.2. The van der Waals surface area contributed by atoms with E-state index in [2.05, 4.69) is 9.97 Å². The van der Waals surface area contributed by atoms with Crippen LogP contribution in [0.1, 0.15) is 24.9 Å². The highest BCUT2D eigenvalue weighted by Gasteiger charge is 2.15. The van der Waals surface area contributed by atoms with Crippen LogP contribution in [0.2, 0.25) is 0 Å². The molecule has 1 aromatic rings. The lowest BCUT2D eigenvalue weighted by Crippen LogP contribution is -1.93. The van der Waals surface area contributed by atoms with Gasteiger partial charge >= 0.3 is 5.82 Å². The number of nitrogens with one attached hydrogen (secondary N) is 1. The Bertz CT molecular complexity index is 300. The van der Waals surface area contributed by atoms with Gasteiger partial charge in [0.25, 0.3) is 0 Å². The number of aromatic nitrogens is 2. The van der Waals surface area contributed by atoms with Crippen molar-refractivity contribution in [3.05, 3.63) is 22.1 Å². The molecule has 0 amide bonds. The first-order valence-electron chi connectivity index (χ1n) is 3.96. The van der Waals surface area contributed by atoms with Crippen molar-refractivity contribution in [2.24, 2.45) is 0 Å². The van der Waals surface area contributed by atoms with Crippen LogP contribution in [0.5, 0.6) is 0 Å². The second-order valence-electron chi connectivity index (χ2n) is 2.51. The molecule has 0 fully saturated rings. The van der Waals surface area contributed by atoms with E-state index in [1.807, 2.05) is 13.8 Å². The Hall–Kier alpha value is -1.04. The fourth-order valence-corrected chi connectivity index (χ4v) is 1.73. The highest BCUT2D eigenvalue weighted by Crippen LogP contribution is 2.26. The number of rotatable bonds is 4. The van der Waals surface area contributed by atoms with E-state index < -0.39 is 4.92 Å². The number of H-pyrrole nitrogens is 1. The summed E-state index contributed by atoms with van der Waals surface area (Å²) in [6, 6.07) is 0. The lowest BCUT2D eigenvalue weighted by molar-refractivity contribution is -0.389. The van der Waals surface area contributed by atoms with Crippen LogP contribution in [0.3, 0.4) is 0 Å². The van der Waals surface area contributed by atoms with Crippen LogP contribution in [0.15, 0.2) is 6.20 Å². The van der Waals surface area contributed by atoms with Gasteiger partial charge in [-0.1, -0.05) is 6.92 Å². The summed E-state index contributed by atoms with van der Waals surface area (Å²) in [5.41, 5.74) is 0. The fourth-order valence-electron chi connectivity index (χ4n) is 0.955. The smallest absolute Gasteiger partial charge is 0.340 e. The number of imidazole rings is 1. The summed E-state index contributed by atoms with van der Waals surface area (Å²) in [6.07, 6.45) is 1.25. The van der Waals surface area contributed by atoms with Gasteiger partial charge in [-0.05, 0) is 17.6 Å². The van der Waals surface area contributed by atoms with E-state index in [-0.39, 0.29) is 11.1 Å². The molecule has 1 aromatic heterocycles. The molecular weight excluding hydrogens is 190 g/mol. The molecule has 72 valence electrons. The molecule has 0 aliphatic rings. The van der Waals surface area contributed by atoms with Gasteiger partial charge in [0.15, 0.2) is 0 Å². The third-order valence-corrected chi connectivity index (χ3v) is 2.64. The Labute approximate surface area is 80.1 Å². The predicted molar refractivity (Wildman–Crippen MR) is 51.8 cm³/mol. The van der Waals surface area contributed by atoms with Crippen molar-refractivity contribution in [1.82, 2.24) is 9.97 Å². The Morgan fingerprint density at radius 2 is 2.54 bits per heavy atom. The van der Waals surface area contributed by atoms with Crippen molar-refractivity contribution in [3.63, 3.8) is 0 Å². The van der Waals surface area contributed by atoms with Crippen LogP contribution in [-0.2, 0) is 0 Å². The van der Waals surface area contributed by atoms with Crippen molar-refractivity contribution < 1.29 is 4.92 Å². The lowest BCUT2D eigenvalue weighted by Gasteiger charge is -2.01. The lowest BCUT2D eigenvalue weighted by atomic mass is 10.5. The van der Waals surface area contributed by atoms with Crippen LogP contribution in [0.25, 0.3) is 0 Å². The standard InChI is InChI=1S/C7H11N3O2S/c1-3-13-5(2)7-8-4-6(9-7)10(11)12/h4-5H,3H2,1-2H3,(H,8,9). The third-order valence-electron chi connectivity index (χ3n) is 1.58. The van der Waals surface area contributed by atoms with E-state index in [4.69, 9.17) is 0 Å². The van der Waals surface area contributed by atoms with E-state index in [1.54, 1.807) is 11.8 Å². The predicted octanol–water partition coefficient (Wildman–Crippen LogP) is 2.13. The third kappa shape index (κ3) is 2.45. The molecule has 1 rings (SSSR count). The maximum Gasteiger partial charge on any atom is 0.340 e. The summed E-state index contributed by atoms with van der Waals surface area (Å²) in [7, 11) is 0. The summed E-state index contributed by atoms with van der Waals surface area (Å²) in [5, 5.41) is 10.5. The summed E-state index contributed by atoms with van der Waals surface area (Å²) < 4.78 is 0. The molecule has 1 unspecified atom stereocenters. The normalized spacial score (nSPS) is 12.8. The summed E-state index contributed by atoms with van der Waals surface area (Å²) in [5.74, 6) is 1.59. The minimum atomic E-state index is -0.472. The minimum absolute atomic E-state index is 0.0430. The molecule has 0 bridgehead atoms. The molecule has 0 saturated carbocycles. The van der Waals surface area contributed by atoms with Gasteiger partial charge in [0.1, 0.15) is 6.20 Å². The molecule has 0 spiro atoms. The molecule has 0 aromatic carbocycles. The van der Waals surface area contributed by atoms with Gasteiger partial charge in [-0.15, -0.1) is 11.8 Å². The Morgan fingerprint density at radius 1 is 1.85 bits per heavy atom. The van der Waals surface area contributed by atoms with Crippen molar-refractivity contribution in [2.75, 3.05) is 5.75 Å². The number of hydrogen-bond donors (Lipinski definition) is 1. The van der Waals surface area contributed by atoms with Crippen molar-refractivity contribution in [1.29, 1.82) is 0 Å². The Balaban J connectivity index is 2.73. The van der Waals surface area contributed by atoms with E-state index in [1.165, 1.54) is 6.20 Å². The molecular formula is C7H11N3O2S. The van der Waals surface area contributed by atoms with Crippen LogP contribution in [-0.4, -0.2) is 20.6 Å². The highest BCUT2D eigenvalue weighted by molar-refractivity contribution is 7.99. The van der Waals surface area contributed by atoms with Crippen molar-refractivity contribution in [3.8, 4) is 0 Å². The minimum Gasteiger partial charge on any atom is -0.358 e. The first-order valence-corrected chi connectivity index (χ1v) is 5.01. The zero-order valence-electron chi connectivity index (χ0n) is 7.48. The number of nitrogens with zero attached hydrogens (tertiary/aromatic N) is 2. The monoisotopic (exact) mass is 201 g/mol. The number of aromatic amines is 1. The number of hydrogen-bond acceptors (Lipinski definition) is 4. The first-order chi connectivity index (χ1) is 6.15. The average Bonchev–Trinajstić information content (AvgIpc) is 2.52. The number of thioether (sulfide) groups is 1. The van der Waals surface area contributed by atoms with E-state index in [0.29, 0.717) is 5.82 Å². The molecule has 0 saturated heterocycles. The average molecular weight is 201 g/mol. The second-order valence-corrected chi connectivity index (χ2v) is 4.13. The second kappa shape index (κ2) is 4.27. The van der Waals surface area contributed by atoms with Gasteiger partial charge in [0, 0.05) is 0 Å². The Morgan fingerprint density at radius 3 is 3.00 bits per heavy atom. The van der Waals surface area contributed by atoms with Gasteiger partial charge < -0.3 is 10.1 Å². The first kappa shape index (κ1) is 10.0. The van der Waals surface area contributed by atoms with Crippen LogP contribution < -0.4 is 0 Å². The van der Waals surface area contributed by atoms with Crippen LogP contribution in [0.4, 0.5) is 5.82 Å². The maximum atomic E-state index is 10.3. The van der Waals surface area contributed by atoms with Gasteiger partial charge in [-0.2, -0.15) is 0 Å². The largest absolute Gasteiger partial charge is 0.358 e. The molecule has 0 aliphatic carbocycles. The van der Waals surface area contributed by atoms with E-state index in [9.17, 15) is 10.1 Å². The molecule has 13 heavy (non-hydrogen) atoms. The van der Waals surface area contributed by atoms with Gasteiger partial charge in [-0.3, -0.25) is 0 Å². The van der Waals surface area contributed by atoms with Crippen molar-refractivity contribution in [2.45, 2.75) is 19.1 Å². The zero-order valence-corrected chi connectivity index (χ0v) is 8.30. The Kier molecular flexibility index (Phi) is 3.30.